The zero-order chi connectivity index (χ0) is 13.8. The molecule has 3 amide bonds. The third-order valence-electron chi connectivity index (χ3n) is 2.71. The molecule has 0 radical (unpaired) electrons. The van der Waals surface area contributed by atoms with E-state index in [1.807, 2.05) is 20.8 Å². The highest BCUT2D eigenvalue weighted by atomic mass is 16.6. The Balaban J connectivity index is 2.55. The Hall–Kier alpha value is -1.46. The molecule has 0 aromatic heterocycles. The first-order chi connectivity index (χ1) is 8.29. The Morgan fingerprint density at radius 2 is 1.50 bits per heavy atom. The Morgan fingerprint density at radius 3 is 2.00 bits per heavy atom. The Labute approximate surface area is 108 Å². The molecule has 0 atom stereocenters. The highest BCUT2D eigenvalue weighted by molar-refractivity contribution is 5.72. The Morgan fingerprint density at radius 1 is 1.00 bits per heavy atom. The van der Waals surface area contributed by atoms with E-state index < -0.39 is 11.6 Å². The summed E-state index contributed by atoms with van der Waals surface area (Å²) in [5.74, 6) is 0. The van der Waals surface area contributed by atoms with Crippen molar-refractivity contribution in [3.63, 3.8) is 0 Å². The summed E-state index contributed by atoms with van der Waals surface area (Å²) in [7, 11) is 0. The number of hydrogen-bond donors (Lipinski definition) is 1. The fourth-order valence-electron chi connectivity index (χ4n) is 1.80. The lowest BCUT2D eigenvalue weighted by molar-refractivity contribution is 0.0220. The van der Waals surface area contributed by atoms with Gasteiger partial charge in [0.15, 0.2) is 0 Å². The van der Waals surface area contributed by atoms with E-state index in [0.717, 1.165) is 12.8 Å². The number of ether oxygens (including phenoxy) is 1. The molecule has 6 heteroatoms. The molecule has 2 N–H and O–H groups in total. The van der Waals surface area contributed by atoms with Crippen LogP contribution in [0.15, 0.2) is 0 Å². The number of hydrogen-bond acceptors (Lipinski definition) is 3. The van der Waals surface area contributed by atoms with Gasteiger partial charge in [-0.25, -0.2) is 9.59 Å². The SMILES string of the molecule is CC(C)(C)OC(=O)N1CCCCN(C(N)=O)CC1. The van der Waals surface area contributed by atoms with Crippen molar-refractivity contribution in [2.24, 2.45) is 5.73 Å². The molecule has 0 aromatic carbocycles. The molecule has 0 saturated carbocycles. The minimum Gasteiger partial charge on any atom is -0.444 e. The lowest BCUT2D eigenvalue weighted by Crippen LogP contribution is -2.47. The van der Waals surface area contributed by atoms with E-state index in [-0.39, 0.29) is 6.09 Å². The standard InChI is InChI=1S/C12H23N3O3/c1-12(2,3)18-11(17)15-7-5-4-6-14(8-9-15)10(13)16/h4-9H2,1-3H3,(H2,13,16). The predicted octanol–water partition coefficient (Wildman–Crippen LogP) is 1.40. The Bertz CT molecular complexity index is 312. The summed E-state index contributed by atoms with van der Waals surface area (Å²) in [6.45, 7) is 7.78. The van der Waals surface area contributed by atoms with Gasteiger partial charge in [-0.1, -0.05) is 0 Å². The van der Waals surface area contributed by atoms with Crippen molar-refractivity contribution in [3.8, 4) is 0 Å². The van der Waals surface area contributed by atoms with Crippen molar-refractivity contribution in [3.05, 3.63) is 0 Å². The highest BCUT2D eigenvalue weighted by Crippen LogP contribution is 2.12. The van der Waals surface area contributed by atoms with Crippen molar-refractivity contribution in [2.75, 3.05) is 26.2 Å². The lowest BCUT2D eigenvalue weighted by atomic mass is 10.2. The van der Waals surface area contributed by atoms with Crippen LogP contribution in [-0.4, -0.2) is 53.7 Å². The van der Waals surface area contributed by atoms with Crippen molar-refractivity contribution in [1.29, 1.82) is 0 Å². The monoisotopic (exact) mass is 257 g/mol. The molecule has 0 unspecified atom stereocenters. The van der Waals surface area contributed by atoms with E-state index in [1.54, 1.807) is 9.80 Å². The molecule has 0 aromatic rings. The van der Waals surface area contributed by atoms with E-state index in [2.05, 4.69) is 0 Å². The second kappa shape index (κ2) is 5.93. The first-order valence-corrected chi connectivity index (χ1v) is 6.32. The molecule has 0 aliphatic carbocycles. The highest BCUT2D eigenvalue weighted by Gasteiger charge is 2.24. The molecule has 1 rings (SSSR count). The summed E-state index contributed by atoms with van der Waals surface area (Å²) in [5, 5.41) is 0. The van der Waals surface area contributed by atoms with Crippen LogP contribution in [0.2, 0.25) is 0 Å². The van der Waals surface area contributed by atoms with Crippen LogP contribution in [0.1, 0.15) is 33.6 Å². The maximum absolute atomic E-state index is 11.9. The second-order valence-corrected chi connectivity index (χ2v) is 5.50. The lowest BCUT2D eigenvalue weighted by Gasteiger charge is -2.31. The first kappa shape index (κ1) is 14.6. The van der Waals surface area contributed by atoms with Gasteiger partial charge >= 0.3 is 12.1 Å². The molecule has 6 nitrogen and oxygen atoms in total. The molecule has 1 aliphatic rings. The maximum atomic E-state index is 11.9. The van der Waals surface area contributed by atoms with Crippen molar-refractivity contribution < 1.29 is 14.3 Å². The fourth-order valence-corrected chi connectivity index (χ4v) is 1.80. The average molecular weight is 257 g/mol. The minimum absolute atomic E-state index is 0.325. The third kappa shape index (κ3) is 4.81. The number of urea groups is 1. The minimum atomic E-state index is -0.497. The van der Waals surface area contributed by atoms with Crippen molar-refractivity contribution in [1.82, 2.24) is 9.80 Å². The van der Waals surface area contributed by atoms with Gasteiger partial charge in [-0.05, 0) is 33.6 Å². The van der Waals surface area contributed by atoms with Gasteiger partial charge in [0, 0.05) is 26.2 Å². The molecule has 1 fully saturated rings. The summed E-state index contributed by atoms with van der Waals surface area (Å²) < 4.78 is 5.32. The number of nitrogens with zero attached hydrogens (tertiary/aromatic N) is 2. The number of amides is 3. The van der Waals surface area contributed by atoms with E-state index >= 15 is 0 Å². The molecular weight excluding hydrogens is 234 g/mol. The van der Waals surface area contributed by atoms with Gasteiger partial charge in [0.2, 0.25) is 0 Å². The summed E-state index contributed by atoms with van der Waals surface area (Å²) in [5.41, 5.74) is 4.77. The van der Waals surface area contributed by atoms with Gasteiger partial charge in [0.05, 0.1) is 0 Å². The van der Waals surface area contributed by atoms with E-state index in [4.69, 9.17) is 10.5 Å². The quantitative estimate of drug-likeness (QED) is 0.712. The van der Waals surface area contributed by atoms with Crippen LogP contribution < -0.4 is 5.73 Å². The number of nitrogens with two attached hydrogens (primary N) is 1. The number of primary amides is 1. The summed E-state index contributed by atoms with van der Waals surface area (Å²) >= 11 is 0. The number of rotatable bonds is 0. The number of carbonyl (C=O) groups excluding carboxylic acids is 2. The van der Waals surface area contributed by atoms with Crippen LogP contribution in [-0.2, 0) is 4.74 Å². The molecule has 1 aliphatic heterocycles. The van der Waals surface area contributed by atoms with Crippen LogP contribution in [0.5, 0.6) is 0 Å². The maximum Gasteiger partial charge on any atom is 0.410 e. The second-order valence-electron chi connectivity index (χ2n) is 5.50. The summed E-state index contributed by atoms with van der Waals surface area (Å²) in [6.07, 6.45) is 1.37. The van der Waals surface area contributed by atoms with Gasteiger partial charge in [0.1, 0.15) is 5.60 Å². The predicted molar refractivity (Wildman–Crippen MR) is 68.2 cm³/mol. The van der Waals surface area contributed by atoms with Gasteiger partial charge in [0.25, 0.3) is 0 Å². The molecule has 1 saturated heterocycles. The normalized spacial score (nSPS) is 17.9. The third-order valence-corrected chi connectivity index (χ3v) is 2.71. The average Bonchev–Trinajstić information content (AvgIpc) is 2.12. The molecule has 1 heterocycles. The van der Waals surface area contributed by atoms with Gasteiger partial charge in [-0.3, -0.25) is 0 Å². The Kier molecular flexibility index (Phi) is 4.81. The van der Waals surface area contributed by atoms with Crippen LogP contribution in [0.4, 0.5) is 9.59 Å². The van der Waals surface area contributed by atoms with Gasteiger partial charge < -0.3 is 20.3 Å². The summed E-state index contributed by atoms with van der Waals surface area (Å²) in [6, 6.07) is -0.430. The first-order valence-electron chi connectivity index (χ1n) is 6.32. The zero-order valence-corrected chi connectivity index (χ0v) is 11.4. The topological polar surface area (TPSA) is 75.9 Å². The molecular formula is C12H23N3O3. The van der Waals surface area contributed by atoms with Crippen molar-refractivity contribution >= 4 is 12.1 Å². The van der Waals surface area contributed by atoms with Crippen LogP contribution in [0, 0.1) is 0 Å². The summed E-state index contributed by atoms with van der Waals surface area (Å²) in [4.78, 5) is 26.3. The largest absolute Gasteiger partial charge is 0.444 e. The molecule has 0 spiro atoms. The van der Waals surface area contributed by atoms with Gasteiger partial charge in [-0.2, -0.15) is 0 Å². The van der Waals surface area contributed by atoms with E-state index in [1.165, 1.54) is 0 Å². The van der Waals surface area contributed by atoms with Crippen molar-refractivity contribution in [2.45, 2.75) is 39.2 Å². The smallest absolute Gasteiger partial charge is 0.410 e. The molecule has 18 heavy (non-hydrogen) atoms. The van der Waals surface area contributed by atoms with E-state index in [0.29, 0.717) is 26.2 Å². The fraction of sp³-hybridized carbons (Fsp3) is 0.833. The molecule has 0 bridgehead atoms. The molecule has 104 valence electrons. The van der Waals surface area contributed by atoms with E-state index in [9.17, 15) is 9.59 Å². The zero-order valence-electron chi connectivity index (χ0n) is 11.4. The van der Waals surface area contributed by atoms with Gasteiger partial charge in [-0.15, -0.1) is 0 Å². The van der Waals surface area contributed by atoms with Crippen LogP contribution in [0.25, 0.3) is 0 Å². The van der Waals surface area contributed by atoms with Crippen LogP contribution >= 0.6 is 0 Å². The van der Waals surface area contributed by atoms with Crippen LogP contribution in [0.3, 0.4) is 0 Å². The number of carbonyl (C=O) groups is 2.